The first-order valence-electron chi connectivity index (χ1n) is 5.34. The molecule has 2 N–H and O–H groups in total. The lowest BCUT2D eigenvalue weighted by molar-refractivity contribution is -0.139. The van der Waals surface area contributed by atoms with Crippen LogP contribution in [0.5, 0.6) is 5.75 Å². The molecule has 0 radical (unpaired) electrons. The molecule has 1 aromatic carbocycles. The summed E-state index contributed by atoms with van der Waals surface area (Å²) in [5, 5.41) is 5.11. The van der Waals surface area contributed by atoms with Crippen molar-refractivity contribution in [1.82, 2.24) is 0 Å². The van der Waals surface area contributed by atoms with Gasteiger partial charge in [0.25, 0.3) is 0 Å². The van der Waals surface area contributed by atoms with Crippen LogP contribution in [0.4, 0.5) is 0 Å². The highest BCUT2D eigenvalue weighted by Gasteiger charge is 2.19. The summed E-state index contributed by atoms with van der Waals surface area (Å²) >= 11 is 3.20. The third-order valence-corrected chi connectivity index (χ3v) is 3.95. The van der Waals surface area contributed by atoms with E-state index in [4.69, 9.17) is 9.88 Å². The fraction of sp³-hybridized carbons (Fsp3) is 0.364. The van der Waals surface area contributed by atoms with E-state index in [1.165, 1.54) is 19.2 Å². The second-order valence-electron chi connectivity index (χ2n) is 3.62. The summed E-state index contributed by atoms with van der Waals surface area (Å²) in [6, 6.07) is 2.78. The Morgan fingerprint density at radius 3 is 2.53 bits per heavy atom. The average Bonchev–Trinajstić information content (AvgIpc) is 2.31. The van der Waals surface area contributed by atoms with Gasteiger partial charge in [-0.25, -0.2) is 13.6 Å². The molecular formula is C11H14BrNO5S. The maximum atomic E-state index is 11.5. The molecule has 0 heterocycles. The smallest absolute Gasteiger partial charge is 0.310 e. The van der Waals surface area contributed by atoms with Gasteiger partial charge in [-0.1, -0.05) is 15.9 Å². The Labute approximate surface area is 120 Å². The van der Waals surface area contributed by atoms with Gasteiger partial charge in [-0.05, 0) is 24.6 Å². The number of carbonyl (C=O) groups excluding carboxylic acids is 1. The van der Waals surface area contributed by atoms with Gasteiger partial charge in [-0.3, -0.25) is 4.79 Å². The first-order valence-corrected chi connectivity index (χ1v) is 7.68. The van der Waals surface area contributed by atoms with Crippen molar-refractivity contribution in [2.75, 3.05) is 13.7 Å². The molecule has 0 aliphatic rings. The predicted octanol–water partition coefficient (Wildman–Crippen LogP) is 1.21. The van der Waals surface area contributed by atoms with Crippen LogP contribution in [-0.2, 0) is 26.0 Å². The van der Waals surface area contributed by atoms with Crippen molar-refractivity contribution in [3.8, 4) is 5.75 Å². The summed E-state index contributed by atoms with van der Waals surface area (Å²) in [4.78, 5) is 11.1. The fourth-order valence-electron chi connectivity index (χ4n) is 1.43. The van der Waals surface area contributed by atoms with Gasteiger partial charge >= 0.3 is 5.97 Å². The highest BCUT2D eigenvalue weighted by atomic mass is 79.9. The maximum absolute atomic E-state index is 11.5. The lowest BCUT2D eigenvalue weighted by Gasteiger charge is -2.12. The third-order valence-electron chi connectivity index (χ3n) is 2.28. The number of esters is 1. The number of carbonyl (C=O) groups is 1. The molecule has 1 rings (SSSR count). The third kappa shape index (κ3) is 4.19. The van der Waals surface area contributed by atoms with Gasteiger partial charge in [0.2, 0.25) is 10.0 Å². The Morgan fingerprint density at radius 1 is 1.42 bits per heavy atom. The number of nitrogens with two attached hydrogens (primary N) is 1. The number of rotatable bonds is 5. The fourth-order valence-corrected chi connectivity index (χ4v) is 2.75. The summed E-state index contributed by atoms with van der Waals surface area (Å²) in [5.74, 6) is -0.321. The van der Waals surface area contributed by atoms with E-state index in [1.807, 2.05) is 0 Å². The first kappa shape index (κ1) is 15.9. The lowest BCUT2D eigenvalue weighted by Crippen LogP contribution is -2.15. The molecule has 0 aliphatic heterocycles. The monoisotopic (exact) mass is 351 g/mol. The van der Waals surface area contributed by atoms with Crippen LogP contribution in [0.2, 0.25) is 0 Å². The van der Waals surface area contributed by atoms with Crippen molar-refractivity contribution in [2.24, 2.45) is 5.14 Å². The molecule has 8 heteroatoms. The Morgan fingerprint density at radius 2 is 2.05 bits per heavy atom. The second kappa shape index (κ2) is 6.36. The van der Waals surface area contributed by atoms with E-state index < -0.39 is 16.0 Å². The number of benzene rings is 1. The van der Waals surface area contributed by atoms with E-state index in [1.54, 1.807) is 6.92 Å². The molecule has 0 saturated carbocycles. The van der Waals surface area contributed by atoms with Crippen molar-refractivity contribution in [1.29, 1.82) is 0 Å². The predicted molar refractivity (Wildman–Crippen MR) is 72.4 cm³/mol. The van der Waals surface area contributed by atoms with Gasteiger partial charge < -0.3 is 9.47 Å². The summed E-state index contributed by atoms with van der Waals surface area (Å²) in [6.45, 7) is 2.00. The van der Waals surface area contributed by atoms with E-state index in [0.29, 0.717) is 10.0 Å². The van der Waals surface area contributed by atoms with Gasteiger partial charge in [0, 0.05) is 4.47 Å². The highest BCUT2D eigenvalue weighted by molar-refractivity contribution is 9.10. The van der Waals surface area contributed by atoms with Crippen LogP contribution in [0, 0.1) is 0 Å². The largest absolute Gasteiger partial charge is 0.492 e. The molecule has 106 valence electrons. The molecule has 0 fully saturated rings. The molecule has 0 atom stereocenters. The number of ether oxygens (including phenoxy) is 2. The molecule has 0 amide bonds. The molecular weight excluding hydrogens is 338 g/mol. The molecule has 19 heavy (non-hydrogen) atoms. The van der Waals surface area contributed by atoms with Gasteiger partial charge in [0.15, 0.2) is 0 Å². The van der Waals surface area contributed by atoms with Crippen molar-refractivity contribution in [3.63, 3.8) is 0 Å². The Bertz CT molecular complexity index is 585. The minimum Gasteiger partial charge on any atom is -0.492 e. The van der Waals surface area contributed by atoms with Crippen molar-refractivity contribution < 1.29 is 22.7 Å². The van der Waals surface area contributed by atoms with E-state index in [9.17, 15) is 13.2 Å². The highest BCUT2D eigenvalue weighted by Crippen LogP contribution is 2.30. The minimum absolute atomic E-state index is 0.00204. The number of methoxy groups -OCH3 is 1. The number of hydrogen-bond acceptors (Lipinski definition) is 5. The zero-order valence-electron chi connectivity index (χ0n) is 10.5. The van der Waals surface area contributed by atoms with E-state index >= 15 is 0 Å². The molecule has 0 bridgehead atoms. The molecule has 1 aromatic rings. The van der Waals surface area contributed by atoms with Crippen LogP contribution >= 0.6 is 15.9 Å². The lowest BCUT2D eigenvalue weighted by atomic mass is 10.1. The van der Waals surface area contributed by atoms with Crippen molar-refractivity contribution in [3.05, 3.63) is 22.2 Å². The summed E-state index contributed by atoms with van der Waals surface area (Å²) in [6.07, 6.45) is 0.00204. The second-order valence-corrected chi connectivity index (χ2v) is 6.01. The van der Waals surface area contributed by atoms with Crippen molar-refractivity contribution >= 4 is 31.9 Å². The molecule has 6 nitrogen and oxygen atoms in total. The summed E-state index contributed by atoms with van der Waals surface area (Å²) in [5.41, 5.74) is 0.558. The van der Waals surface area contributed by atoms with Gasteiger partial charge in [0.05, 0.1) is 20.1 Å². The quantitative estimate of drug-likeness (QED) is 0.804. The van der Waals surface area contributed by atoms with Crippen LogP contribution in [0.3, 0.4) is 0 Å². The van der Waals surface area contributed by atoms with Crippen molar-refractivity contribution in [2.45, 2.75) is 18.2 Å². The number of halogens is 1. The van der Waals surface area contributed by atoms with E-state index in [-0.39, 0.29) is 23.7 Å². The van der Waals surface area contributed by atoms with Crippen LogP contribution in [0.15, 0.2) is 21.5 Å². The Hall–Kier alpha value is -1.12. The van der Waals surface area contributed by atoms with Gasteiger partial charge in [-0.15, -0.1) is 0 Å². The maximum Gasteiger partial charge on any atom is 0.310 e. The molecule has 0 spiro atoms. The van der Waals surface area contributed by atoms with Gasteiger partial charge in [-0.2, -0.15) is 0 Å². The van der Waals surface area contributed by atoms with Crippen LogP contribution in [0.1, 0.15) is 12.5 Å². The van der Waals surface area contributed by atoms with E-state index in [2.05, 4.69) is 20.7 Å². The number of primary sulfonamides is 1. The Kier molecular flexibility index (Phi) is 5.33. The van der Waals surface area contributed by atoms with Crippen LogP contribution in [0.25, 0.3) is 0 Å². The Balaban J connectivity index is 3.32. The normalized spacial score (nSPS) is 11.2. The minimum atomic E-state index is -3.90. The zero-order chi connectivity index (χ0) is 14.6. The molecule has 0 aromatic heterocycles. The van der Waals surface area contributed by atoms with E-state index in [0.717, 1.165) is 0 Å². The van der Waals surface area contributed by atoms with Crippen LogP contribution < -0.4 is 9.88 Å². The molecule has 0 aliphatic carbocycles. The first-order chi connectivity index (χ1) is 8.79. The number of sulfonamides is 1. The summed E-state index contributed by atoms with van der Waals surface area (Å²) < 4.78 is 33.2. The number of hydrogen-bond donors (Lipinski definition) is 1. The van der Waals surface area contributed by atoms with Gasteiger partial charge in [0.1, 0.15) is 10.6 Å². The topological polar surface area (TPSA) is 95.7 Å². The molecule has 0 saturated heterocycles. The standard InChI is InChI=1S/C11H14BrNO5S/c1-3-18-9-4-7(5-11(14)17-2)8(12)6-10(9)19(13,15)16/h4,6H,3,5H2,1-2H3,(H2,13,15,16). The summed E-state index contributed by atoms with van der Waals surface area (Å²) in [7, 11) is -2.62. The van der Waals surface area contributed by atoms with Crippen LogP contribution in [-0.4, -0.2) is 28.1 Å². The SMILES string of the molecule is CCOc1cc(CC(=O)OC)c(Br)cc1S(N)(=O)=O. The molecule has 0 unspecified atom stereocenters. The zero-order valence-corrected chi connectivity index (χ0v) is 12.9. The average molecular weight is 352 g/mol.